The van der Waals surface area contributed by atoms with E-state index in [1.807, 2.05) is 72.8 Å². The van der Waals surface area contributed by atoms with Crippen molar-refractivity contribution < 1.29 is 9.53 Å². The van der Waals surface area contributed by atoms with E-state index in [-0.39, 0.29) is 11.5 Å². The first-order valence-corrected chi connectivity index (χ1v) is 11.7. The standard InChI is InChI=1S/C30H25N3O3/c1-21-31-28-18-24(12-17-27(28)30(35)33(21)19-22-8-4-2-5-9-22)29(34)32-25-13-15-26(16-14-25)36-20-23-10-6-3-7-11-23/h2-18H,19-20H2,1H3,(H,32,34). The van der Waals surface area contributed by atoms with Crippen molar-refractivity contribution in [1.29, 1.82) is 0 Å². The third-order valence-corrected chi connectivity index (χ3v) is 5.95. The Bertz CT molecular complexity index is 1560. The molecule has 1 aromatic heterocycles. The Morgan fingerprint density at radius 2 is 1.53 bits per heavy atom. The maximum absolute atomic E-state index is 13.1. The molecule has 5 aromatic rings. The second-order valence-electron chi connectivity index (χ2n) is 8.52. The van der Waals surface area contributed by atoms with Gasteiger partial charge in [0.1, 0.15) is 18.2 Å². The molecule has 1 amide bonds. The summed E-state index contributed by atoms with van der Waals surface area (Å²) in [4.78, 5) is 30.6. The maximum Gasteiger partial charge on any atom is 0.261 e. The predicted molar refractivity (Wildman–Crippen MR) is 141 cm³/mol. The number of aromatic nitrogens is 2. The lowest BCUT2D eigenvalue weighted by Crippen LogP contribution is -2.24. The lowest BCUT2D eigenvalue weighted by atomic mass is 10.1. The highest BCUT2D eigenvalue weighted by atomic mass is 16.5. The van der Waals surface area contributed by atoms with Crippen molar-refractivity contribution in [3.05, 3.63) is 136 Å². The summed E-state index contributed by atoms with van der Waals surface area (Å²) in [6.45, 7) is 2.72. The third kappa shape index (κ3) is 5.18. The van der Waals surface area contributed by atoms with E-state index in [1.54, 1.807) is 41.8 Å². The minimum atomic E-state index is -0.275. The van der Waals surface area contributed by atoms with Crippen LogP contribution in [-0.2, 0) is 13.2 Å². The van der Waals surface area contributed by atoms with E-state index in [4.69, 9.17) is 4.74 Å². The molecule has 1 heterocycles. The number of hydrogen-bond donors (Lipinski definition) is 1. The van der Waals surface area contributed by atoms with Crippen LogP contribution in [0.4, 0.5) is 5.69 Å². The number of nitrogens with one attached hydrogen (secondary N) is 1. The number of carbonyl (C=O) groups excluding carboxylic acids is 1. The van der Waals surface area contributed by atoms with Crippen LogP contribution in [0.3, 0.4) is 0 Å². The molecular formula is C30H25N3O3. The van der Waals surface area contributed by atoms with Gasteiger partial charge in [-0.25, -0.2) is 4.98 Å². The van der Waals surface area contributed by atoms with Crippen LogP contribution in [0.2, 0.25) is 0 Å². The summed E-state index contributed by atoms with van der Waals surface area (Å²) in [6.07, 6.45) is 0. The van der Waals surface area contributed by atoms with E-state index in [1.165, 1.54) is 0 Å². The number of nitrogens with zero attached hydrogens (tertiary/aromatic N) is 2. The van der Waals surface area contributed by atoms with Crippen molar-refractivity contribution >= 4 is 22.5 Å². The zero-order valence-corrected chi connectivity index (χ0v) is 19.8. The molecule has 0 saturated heterocycles. The molecule has 178 valence electrons. The molecule has 0 aliphatic carbocycles. The van der Waals surface area contributed by atoms with Gasteiger partial charge in [0.25, 0.3) is 11.5 Å². The van der Waals surface area contributed by atoms with Crippen molar-refractivity contribution in [2.45, 2.75) is 20.1 Å². The molecule has 6 heteroatoms. The number of benzene rings is 4. The minimum Gasteiger partial charge on any atom is -0.489 e. The van der Waals surface area contributed by atoms with Gasteiger partial charge in [0, 0.05) is 11.3 Å². The fraction of sp³-hybridized carbons (Fsp3) is 0.100. The van der Waals surface area contributed by atoms with Gasteiger partial charge in [0.2, 0.25) is 0 Å². The molecule has 0 unspecified atom stereocenters. The van der Waals surface area contributed by atoms with Crippen LogP contribution >= 0.6 is 0 Å². The van der Waals surface area contributed by atoms with Crippen LogP contribution in [0.5, 0.6) is 5.75 Å². The zero-order chi connectivity index (χ0) is 24.9. The fourth-order valence-corrected chi connectivity index (χ4v) is 4.00. The molecule has 1 N–H and O–H groups in total. The van der Waals surface area contributed by atoms with E-state index >= 15 is 0 Å². The van der Waals surface area contributed by atoms with Crippen LogP contribution in [0.1, 0.15) is 27.3 Å². The number of carbonyl (C=O) groups is 1. The molecule has 0 fully saturated rings. The van der Waals surface area contributed by atoms with Crippen molar-refractivity contribution in [3.8, 4) is 5.75 Å². The Morgan fingerprint density at radius 3 is 2.22 bits per heavy atom. The second-order valence-corrected chi connectivity index (χ2v) is 8.52. The average molecular weight is 476 g/mol. The average Bonchev–Trinajstić information content (AvgIpc) is 2.91. The van der Waals surface area contributed by atoms with Crippen molar-refractivity contribution in [1.82, 2.24) is 9.55 Å². The number of ether oxygens (including phenoxy) is 1. The molecule has 4 aromatic carbocycles. The zero-order valence-electron chi connectivity index (χ0n) is 19.8. The Kier molecular flexibility index (Phi) is 6.58. The van der Waals surface area contributed by atoms with Crippen LogP contribution < -0.4 is 15.6 Å². The molecule has 0 saturated carbocycles. The Hall–Kier alpha value is -4.71. The van der Waals surface area contributed by atoms with Crippen LogP contribution in [0, 0.1) is 6.92 Å². The summed E-state index contributed by atoms with van der Waals surface area (Å²) in [5, 5.41) is 3.37. The highest BCUT2D eigenvalue weighted by Crippen LogP contribution is 2.19. The number of fused-ring (bicyclic) bond motifs is 1. The Morgan fingerprint density at radius 1 is 0.861 bits per heavy atom. The number of rotatable bonds is 7. The highest BCUT2D eigenvalue weighted by Gasteiger charge is 2.13. The van der Waals surface area contributed by atoms with Gasteiger partial charge in [-0.1, -0.05) is 60.7 Å². The first-order chi connectivity index (χ1) is 17.6. The van der Waals surface area contributed by atoms with Gasteiger partial charge in [-0.05, 0) is 60.5 Å². The summed E-state index contributed by atoms with van der Waals surface area (Å²) < 4.78 is 7.45. The number of aryl methyl sites for hydroxylation is 1. The largest absolute Gasteiger partial charge is 0.489 e. The minimum absolute atomic E-state index is 0.126. The first-order valence-electron chi connectivity index (χ1n) is 11.7. The molecule has 0 radical (unpaired) electrons. The quantitative estimate of drug-likeness (QED) is 0.333. The topological polar surface area (TPSA) is 73.2 Å². The molecular weight excluding hydrogens is 450 g/mol. The molecule has 0 aliphatic heterocycles. The van der Waals surface area contributed by atoms with Crippen molar-refractivity contribution in [3.63, 3.8) is 0 Å². The maximum atomic E-state index is 13.1. The van der Waals surface area contributed by atoms with Gasteiger partial charge in [-0.3, -0.25) is 14.2 Å². The van der Waals surface area contributed by atoms with Gasteiger partial charge in [0.05, 0.1) is 17.4 Å². The van der Waals surface area contributed by atoms with Crippen LogP contribution in [0.25, 0.3) is 10.9 Å². The summed E-state index contributed by atoms with van der Waals surface area (Å²) in [5.74, 6) is 1.04. The van der Waals surface area contributed by atoms with Gasteiger partial charge in [-0.2, -0.15) is 0 Å². The molecule has 0 bridgehead atoms. The highest BCUT2D eigenvalue weighted by molar-refractivity contribution is 6.06. The monoisotopic (exact) mass is 475 g/mol. The van der Waals surface area contributed by atoms with Crippen LogP contribution in [0.15, 0.2) is 108 Å². The predicted octanol–water partition coefficient (Wildman–Crippen LogP) is 5.58. The summed E-state index contributed by atoms with van der Waals surface area (Å²) in [5.41, 5.74) is 3.56. The molecule has 0 aliphatic rings. The van der Waals surface area contributed by atoms with Crippen molar-refractivity contribution in [2.24, 2.45) is 0 Å². The summed E-state index contributed by atoms with van der Waals surface area (Å²) in [6, 6.07) is 31.9. The molecule has 6 nitrogen and oxygen atoms in total. The van der Waals surface area contributed by atoms with Crippen LogP contribution in [-0.4, -0.2) is 15.5 Å². The summed E-state index contributed by atoms with van der Waals surface area (Å²) >= 11 is 0. The van der Waals surface area contributed by atoms with E-state index in [2.05, 4.69) is 10.3 Å². The lowest BCUT2D eigenvalue weighted by Gasteiger charge is -2.12. The summed E-state index contributed by atoms with van der Waals surface area (Å²) in [7, 11) is 0. The molecule has 0 atom stereocenters. The smallest absolute Gasteiger partial charge is 0.261 e. The number of anilines is 1. The van der Waals surface area contributed by atoms with Gasteiger partial charge >= 0.3 is 0 Å². The second kappa shape index (κ2) is 10.3. The molecule has 5 rings (SSSR count). The Balaban J connectivity index is 1.29. The van der Waals surface area contributed by atoms with Gasteiger partial charge in [-0.15, -0.1) is 0 Å². The number of hydrogen-bond acceptors (Lipinski definition) is 4. The van der Waals surface area contributed by atoms with E-state index < -0.39 is 0 Å². The molecule has 0 spiro atoms. The van der Waals surface area contributed by atoms with E-state index in [0.717, 1.165) is 11.1 Å². The molecule has 36 heavy (non-hydrogen) atoms. The SMILES string of the molecule is Cc1nc2cc(C(=O)Nc3ccc(OCc4ccccc4)cc3)ccc2c(=O)n1Cc1ccccc1. The van der Waals surface area contributed by atoms with Crippen molar-refractivity contribution in [2.75, 3.05) is 5.32 Å². The third-order valence-electron chi connectivity index (χ3n) is 5.95. The number of amides is 1. The fourth-order valence-electron chi connectivity index (χ4n) is 4.00. The normalized spacial score (nSPS) is 10.8. The lowest BCUT2D eigenvalue weighted by molar-refractivity contribution is 0.102. The van der Waals surface area contributed by atoms with Gasteiger partial charge < -0.3 is 10.1 Å². The first kappa shape index (κ1) is 23.1. The Labute approximate surface area is 208 Å². The van der Waals surface area contributed by atoms with Gasteiger partial charge in [0.15, 0.2) is 0 Å². The van der Waals surface area contributed by atoms with E-state index in [0.29, 0.717) is 46.9 Å². The van der Waals surface area contributed by atoms with E-state index in [9.17, 15) is 9.59 Å².